The maximum Gasteiger partial charge on any atom is 0.419 e. The molecule has 23 heavy (non-hydrogen) atoms. The van der Waals surface area contributed by atoms with E-state index in [1.54, 1.807) is 0 Å². The highest BCUT2D eigenvalue weighted by molar-refractivity contribution is 5.86. The number of aromatic carboxylic acids is 1. The zero-order valence-electron chi connectivity index (χ0n) is 12.7. The second-order valence-corrected chi connectivity index (χ2v) is 5.62. The summed E-state index contributed by atoms with van der Waals surface area (Å²) >= 11 is 0. The third-order valence-corrected chi connectivity index (χ3v) is 4.03. The summed E-state index contributed by atoms with van der Waals surface area (Å²) in [4.78, 5) is 10.9. The zero-order chi connectivity index (χ0) is 17.0. The first-order valence-electron chi connectivity index (χ1n) is 7.45. The lowest BCUT2D eigenvalue weighted by Gasteiger charge is -2.30. The first kappa shape index (κ1) is 17.6. The molecule has 7 heteroatoms. The van der Waals surface area contributed by atoms with Crippen molar-refractivity contribution in [1.29, 1.82) is 0 Å². The van der Waals surface area contributed by atoms with Crippen LogP contribution in [0.25, 0.3) is 0 Å². The second-order valence-electron chi connectivity index (χ2n) is 5.62. The number of carbonyl (C=O) groups is 1. The Labute approximate surface area is 132 Å². The Kier molecular flexibility index (Phi) is 5.51. The summed E-state index contributed by atoms with van der Waals surface area (Å²) in [7, 11) is 1.37. The first-order chi connectivity index (χ1) is 10.8. The second kappa shape index (κ2) is 7.21. The molecule has 1 aromatic rings. The van der Waals surface area contributed by atoms with Crippen molar-refractivity contribution in [2.45, 2.75) is 44.6 Å². The number of ether oxygens (including phenoxy) is 2. The topological polar surface area (TPSA) is 58.6 Å². The highest BCUT2D eigenvalue weighted by Crippen LogP contribution is 2.38. The van der Waals surface area contributed by atoms with Crippen molar-refractivity contribution < 1.29 is 32.5 Å². The van der Waals surface area contributed by atoms with Crippen LogP contribution in [0.15, 0.2) is 18.2 Å². The normalized spacial score (nSPS) is 17.7. The predicted octanol–water partition coefficient (Wildman–Crippen LogP) is 3.00. The van der Waals surface area contributed by atoms with E-state index in [1.165, 1.54) is 7.11 Å². The molecule has 0 bridgehead atoms. The number of carboxylic acids is 1. The van der Waals surface area contributed by atoms with Gasteiger partial charge < -0.3 is 19.4 Å². The van der Waals surface area contributed by atoms with E-state index in [4.69, 9.17) is 9.47 Å². The van der Waals surface area contributed by atoms with Gasteiger partial charge in [0.1, 0.15) is 5.75 Å². The molecular formula is C16H18F3O4-. The SMILES string of the molecule is COC(Oc1cc(C(=O)[O-])ccc1C(F)(F)F)C1CCCCC1. The quantitative estimate of drug-likeness (QED) is 0.778. The van der Waals surface area contributed by atoms with Crippen LogP contribution in [0.3, 0.4) is 0 Å². The van der Waals surface area contributed by atoms with Crippen LogP contribution >= 0.6 is 0 Å². The van der Waals surface area contributed by atoms with Crippen molar-refractivity contribution in [3.63, 3.8) is 0 Å². The highest BCUT2D eigenvalue weighted by Gasteiger charge is 2.36. The van der Waals surface area contributed by atoms with Gasteiger partial charge in [0.05, 0.1) is 11.5 Å². The molecule has 2 rings (SSSR count). The smallest absolute Gasteiger partial charge is 0.419 e. The van der Waals surface area contributed by atoms with E-state index in [1.807, 2.05) is 0 Å². The van der Waals surface area contributed by atoms with E-state index >= 15 is 0 Å². The third kappa shape index (κ3) is 4.37. The van der Waals surface area contributed by atoms with E-state index in [-0.39, 0.29) is 11.5 Å². The molecule has 1 fully saturated rings. The van der Waals surface area contributed by atoms with Gasteiger partial charge in [0.2, 0.25) is 6.29 Å². The summed E-state index contributed by atoms with van der Waals surface area (Å²) in [6.45, 7) is 0. The average Bonchev–Trinajstić information content (AvgIpc) is 2.52. The largest absolute Gasteiger partial charge is 0.545 e. The van der Waals surface area contributed by atoms with Crippen LogP contribution in [0.5, 0.6) is 5.75 Å². The zero-order valence-corrected chi connectivity index (χ0v) is 12.7. The molecule has 0 N–H and O–H groups in total. The highest BCUT2D eigenvalue weighted by atomic mass is 19.4. The van der Waals surface area contributed by atoms with Crippen LogP contribution in [-0.2, 0) is 10.9 Å². The van der Waals surface area contributed by atoms with Gasteiger partial charge in [0, 0.05) is 18.6 Å². The van der Waals surface area contributed by atoms with Gasteiger partial charge in [-0.05, 0) is 25.0 Å². The summed E-state index contributed by atoms with van der Waals surface area (Å²) < 4.78 is 49.9. The number of halogens is 3. The number of alkyl halides is 3. The van der Waals surface area contributed by atoms with Crippen LogP contribution in [0.1, 0.15) is 48.0 Å². The molecule has 1 atom stereocenters. The van der Waals surface area contributed by atoms with Crippen molar-refractivity contribution in [1.82, 2.24) is 0 Å². The lowest BCUT2D eigenvalue weighted by molar-refractivity contribution is -0.255. The molecule has 0 spiro atoms. The molecule has 0 saturated heterocycles. The minimum Gasteiger partial charge on any atom is -0.545 e. The van der Waals surface area contributed by atoms with Crippen molar-refractivity contribution in [3.8, 4) is 5.75 Å². The van der Waals surface area contributed by atoms with Crippen LogP contribution in [0.2, 0.25) is 0 Å². The third-order valence-electron chi connectivity index (χ3n) is 4.03. The number of hydrogen-bond acceptors (Lipinski definition) is 4. The molecule has 0 amide bonds. The number of methoxy groups -OCH3 is 1. The predicted molar refractivity (Wildman–Crippen MR) is 73.8 cm³/mol. The van der Waals surface area contributed by atoms with Gasteiger partial charge in [-0.1, -0.05) is 25.3 Å². The molecule has 1 saturated carbocycles. The first-order valence-corrected chi connectivity index (χ1v) is 7.45. The molecule has 1 aliphatic rings. The lowest BCUT2D eigenvalue weighted by Crippen LogP contribution is -2.31. The lowest BCUT2D eigenvalue weighted by atomic mass is 9.89. The van der Waals surface area contributed by atoms with E-state index in [9.17, 15) is 23.1 Å². The van der Waals surface area contributed by atoms with Gasteiger partial charge in [-0.15, -0.1) is 0 Å². The van der Waals surface area contributed by atoms with E-state index < -0.39 is 29.7 Å². The number of rotatable bonds is 5. The Morgan fingerprint density at radius 3 is 2.43 bits per heavy atom. The Morgan fingerprint density at radius 1 is 1.26 bits per heavy atom. The Bertz CT molecular complexity index is 551. The van der Waals surface area contributed by atoms with Crippen LogP contribution < -0.4 is 9.84 Å². The van der Waals surface area contributed by atoms with Gasteiger partial charge in [0.25, 0.3) is 0 Å². The van der Waals surface area contributed by atoms with Gasteiger partial charge >= 0.3 is 6.18 Å². The average molecular weight is 331 g/mol. The summed E-state index contributed by atoms with van der Waals surface area (Å²) in [5.41, 5.74) is -1.40. The standard InChI is InChI=1S/C16H19F3O4/c1-22-15(10-5-3-2-4-6-10)23-13-9-11(14(20)21)7-8-12(13)16(17,18)19/h7-10,15H,2-6H2,1H3,(H,20,21)/p-1. The minimum atomic E-state index is -4.65. The fourth-order valence-corrected chi connectivity index (χ4v) is 2.85. The summed E-state index contributed by atoms with van der Waals surface area (Å²) in [6, 6.07) is 2.38. The molecular weight excluding hydrogens is 313 g/mol. The molecule has 1 unspecified atom stereocenters. The summed E-state index contributed by atoms with van der Waals surface area (Å²) in [5.74, 6) is -2.12. The maximum atomic E-state index is 13.1. The molecule has 0 radical (unpaired) electrons. The van der Waals surface area contributed by atoms with Crippen molar-refractivity contribution in [2.75, 3.05) is 7.11 Å². The number of benzene rings is 1. The van der Waals surface area contributed by atoms with Gasteiger partial charge in [-0.25, -0.2) is 0 Å². The van der Waals surface area contributed by atoms with Crippen LogP contribution in [0.4, 0.5) is 13.2 Å². The van der Waals surface area contributed by atoms with Crippen molar-refractivity contribution >= 4 is 5.97 Å². The Morgan fingerprint density at radius 2 is 1.91 bits per heavy atom. The molecule has 0 aromatic heterocycles. The maximum absolute atomic E-state index is 13.1. The minimum absolute atomic E-state index is 0.0126. The number of carbonyl (C=O) groups excluding carboxylic acids is 1. The number of carboxylic acid groups (broad SMARTS) is 1. The Hall–Kier alpha value is -1.76. The van der Waals surface area contributed by atoms with E-state index in [2.05, 4.69) is 0 Å². The molecule has 128 valence electrons. The van der Waals surface area contributed by atoms with Gasteiger partial charge in [-0.3, -0.25) is 0 Å². The molecule has 1 aliphatic carbocycles. The van der Waals surface area contributed by atoms with Crippen LogP contribution in [-0.4, -0.2) is 19.4 Å². The molecule has 0 heterocycles. The summed E-state index contributed by atoms with van der Waals surface area (Å²) in [5, 5.41) is 10.9. The molecule has 1 aromatic carbocycles. The van der Waals surface area contributed by atoms with Crippen molar-refractivity contribution in [3.05, 3.63) is 29.3 Å². The fourth-order valence-electron chi connectivity index (χ4n) is 2.85. The van der Waals surface area contributed by atoms with Gasteiger partial charge in [0.15, 0.2) is 0 Å². The van der Waals surface area contributed by atoms with E-state index in [0.29, 0.717) is 6.07 Å². The summed E-state index contributed by atoms with van der Waals surface area (Å²) in [6.07, 6.45) is -0.850. The van der Waals surface area contributed by atoms with Gasteiger partial charge in [-0.2, -0.15) is 13.2 Å². The fraction of sp³-hybridized carbons (Fsp3) is 0.562. The van der Waals surface area contributed by atoms with E-state index in [0.717, 1.165) is 44.2 Å². The van der Waals surface area contributed by atoms with Crippen LogP contribution in [0, 0.1) is 5.92 Å². The molecule has 4 nitrogen and oxygen atoms in total. The number of hydrogen-bond donors (Lipinski definition) is 0. The monoisotopic (exact) mass is 331 g/mol. The Balaban J connectivity index is 2.30. The molecule has 0 aliphatic heterocycles. The van der Waals surface area contributed by atoms with Crippen molar-refractivity contribution in [2.24, 2.45) is 5.92 Å².